The van der Waals surface area contributed by atoms with Crippen LogP contribution in [0.2, 0.25) is 0 Å². The van der Waals surface area contributed by atoms with Crippen molar-refractivity contribution >= 4 is 5.91 Å². The summed E-state index contributed by atoms with van der Waals surface area (Å²) in [5.41, 5.74) is 1.91. The molecule has 0 radical (unpaired) electrons. The lowest BCUT2D eigenvalue weighted by molar-refractivity contribution is -0.132. The fraction of sp³-hybridized carbons (Fsp3) is 0.588. The first kappa shape index (κ1) is 16.0. The number of rotatable bonds is 4. The van der Waals surface area contributed by atoms with Gasteiger partial charge in [0.1, 0.15) is 0 Å². The van der Waals surface area contributed by atoms with Crippen LogP contribution in [-0.2, 0) is 4.79 Å². The van der Waals surface area contributed by atoms with E-state index in [9.17, 15) is 4.79 Å². The Morgan fingerprint density at radius 1 is 1.24 bits per heavy atom. The lowest BCUT2D eigenvalue weighted by Gasteiger charge is -2.40. The van der Waals surface area contributed by atoms with E-state index in [-0.39, 0.29) is 11.9 Å². The first-order valence-electron chi connectivity index (χ1n) is 7.74. The highest BCUT2D eigenvalue weighted by Crippen LogP contribution is 2.19. The van der Waals surface area contributed by atoms with Crippen LogP contribution >= 0.6 is 0 Å². The van der Waals surface area contributed by atoms with Crippen molar-refractivity contribution < 1.29 is 4.79 Å². The van der Waals surface area contributed by atoms with Crippen molar-refractivity contribution in [1.82, 2.24) is 15.5 Å². The van der Waals surface area contributed by atoms with Crippen molar-refractivity contribution in [2.24, 2.45) is 0 Å². The molecule has 0 saturated carbocycles. The average Bonchev–Trinajstić information content (AvgIpc) is 2.48. The lowest BCUT2D eigenvalue weighted by atomic mass is 9.98. The number of benzene rings is 1. The number of nitrogens with zero attached hydrogens (tertiary/aromatic N) is 1. The fourth-order valence-corrected chi connectivity index (χ4v) is 2.68. The van der Waals surface area contributed by atoms with E-state index in [4.69, 9.17) is 0 Å². The van der Waals surface area contributed by atoms with E-state index < -0.39 is 5.54 Å². The number of aryl methyl sites for hydroxylation is 1. The summed E-state index contributed by atoms with van der Waals surface area (Å²) in [6, 6.07) is 8.36. The van der Waals surface area contributed by atoms with Crippen LogP contribution in [0.1, 0.15) is 37.9 Å². The van der Waals surface area contributed by atoms with Gasteiger partial charge in [-0.2, -0.15) is 0 Å². The van der Waals surface area contributed by atoms with Crippen LogP contribution in [0.5, 0.6) is 0 Å². The van der Waals surface area contributed by atoms with Gasteiger partial charge >= 0.3 is 0 Å². The Hall–Kier alpha value is -1.39. The molecule has 1 atom stereocenters. The molecule has 2 N–H and O–H groups in total. The summed E-state index contributed by atoms with van der Waals surface area (Å²) in [5.74, 6) is 0.0949. The van der Waals surface area contributed by atoms with Gasteiger partial charge in [0.25, 0.3) is 0 Å². The number of carbonyl (C=O) groups excluding carboxylic acids is 1. The maximum atomic E-state index is 12.6. The molecule has 1 saturated heterocycles. The van der Waals surface area contributed by atoms with Gasteiger partial charge < -0.3 is 10.6 Å². The highest BCUT2D eigenvalue weighted by atomic mass is 16.2. The van der Waals surface area contributed by atoms with Crippen molar-refractivity contribution in [3.63, 3.8) is 0 Å². The van der Waals surface area contributed by atoms with Gasteiger partial charge in [0.05, 0.1) is 11.6 Å². The molecule has 2 rings (SSSR count). The molecular weight excluding hydrogens is 262 g/mol. The predicted molar refractivity (Wildman–Crippen MR) is 86.3 cm³/mol. The third-order valence-corrected chi connectivity index (χ3v) is 4.39. The smallest absolute Gasteiger partial charge is 0.240 e. The maximum Gasteiger partial charge on any atom is 0.240 e. The molecule has 1 unspecified atom stereocenters. The van der Waals surface area contributed by atoms with Crippen LogP contribution in [0.25, 0.3) is 0 Å². The molecule has 1 amide bonds. The molecule has 4 heteroatoms. The number of amides is 1. The predicted octanol–water partition coefficient (Wildman–Crippen LogP) is 1.86. The SMILES string of the molecule is Cc1ccc(C(C)NC(=O)C(C)(C)N2CCNCC2)cc1. The lowest BCUT2D eigenvalue weighted by Crippen LogP contribution is -2.60. The zero-order chi connectivity index (χ0) is 15.5. The second kappa shape index (κ2) is 6.58. The highest BCUT2D eigenvalue weighted by Gasteiger charge is 2.35. The van der Waals surface area contributed by atoms with Crippen LogP contribution in [-0.4, -0.2) is 42.5 Å². The minimum absolute atomic E-state index is 0.0280. The van der Waals surface area contributed by atoms with Crippen molar-refractivity contribution in [3.8, 4) is 0 Å². The van der Waals surface area contributed by atoms with E-state index in [2.05, 4.69) is 46.7 Å². The number of hydrogen-bond donors (Lipinski definition) is 2. The van der Waals surface area contributed by atoms with Gasteiger partial charge in [-0.05, 0) is 33.3 Å². The normalized spacial score (nSPS) is 18.3. The van der Waals surface area contributed by atoms with Gasteiger partial charge in [0, 0.05) is 26.2 Å². The zero-order valence-corrected chi connectivity index (χ0v) is 13.6. The zero-order valence-electron chi connectivity index (χ0n) is 13.6. The Balaban J connectivity index is 2.00. The quantitative estimate of drug-likeness (QED) is 0.889. The van der Waals surface area contributed by atoms with E-state index in [1.54, 1.807) is 0 Å². The van der Waals surface area contributed by atoms with Gasteiger partial charge in [0.2, 0.25) is 5.91 Å². The summed E-state index contributed by atoms with van der Waals surface area (Å²) in [4.78, 5) is 14.9. The molecule has 0 aromatic heterocycles. The minimum Gasteiger partial charge on any atom is -0.348 e. The third kappa shape index (κ3) is 3.83. The van der Waals surface area contributed by atoms with Crippen LogP contribution in [0.4, 0.5) is 0 Å². The summed E-state index contributed by atoms with van der Waals surface area (Å²) in [5, 5.41) is 6.48. The first-order chi connectivity index (χ1) is 9.91. The Bertz CT molecular complexity index is 475. The number of hydrogen-bond acceptors (Lipinski definition) is 3. The summed E-state index contributed by atoms with van der Waals surface area (Å²) in [6.45, 7) is 11.9. The van der Waals surface area contributed by atoms with Crippen molar-refractivity contribution in [3.05, 3.63) is 35.4 Å². The van der Waals surface area contributed by atoms with Gasteiger partial charge in [0.15, 0.2) is 0 Å². The van der Waals surface area contributed by atoms with Gasteiger partial charge in [-0.1, -0.05) is 29.8 Å². The second-order valence-corrected chi connectivity index (χ2v) is 6.40. The van der Waals surface area contributed by atoms with Crippen molar-refractivity contribution in [1.29, 1.82) is 0 Å². The molecule has 1 aliphatic rings. The number of piperazine rings is 1. The summed E-state index contributed by atoms with van der Waals surface area (Å²) in [6.07, 6.45) is 0. The summed E-state index contributed by atoms with van der Waals surface area (Å²) in [7, 11) is 0. The molecule has 1 aliphatic heterocycles. The second-order valence-electron chi connectivity index (χ2n) is 6.40. The van der Waals surface area contributed by atoms with Crippen LogP contribution < -0.4 is 10.6 Å². The molecule has 1 aromatic carbocycles. The Kier molecular flexibility index (Phi) is 5.01. The molecule has 0 bridgehead atoms. The largest absolute Gasteiger partial charge is 0.348 e. The third-order valence-electron chi connectivity index (χ3n) is 4.39. The topological polar surface area (TPSA) is 44.4 Å². The van der Waals surface area contributed by atoms with E-state index in [0.29, 0.717) is 0 Å². The summed E-state index contributed by atoms with van der Waals surface area (Å²) >= 11 is 0. The first-order valence-corrected chi connectivity index (χ1v) is 7.74. The van der Waals surface area contributed by atoms with Crippen molar-refractivity contribution in [2.45, 2.75) is 39.3 Å². The van der Waals surface area contributed by atoms with Crippen LogP contribution in [0.15, 0.2) is 24.3 Å². The molecule has 1 aromatic rings. The molecule has 4 nitrogen and oxygen atoms in total. The monoisotopic (exact) mass is 289 g/mol. The minimum atomic E-state index is -0.471. The Morgan fingerprint density at radius 2 is 1.81 bits per heavy atom. The Labute approximate surface area is 127 Å². The van der Waals surface area contributed by atoms with E-state index in [1.165, 1.54) is 5.56 Å². The van der Waals surface area contributed by atoms with Gasteiger partial charge in [-0.15, -0.1) is 0 Å². The molecule has 0 spiro atoms. The standard InChI is InChI=1S/C17H27N3O/c1-13-5-7-15(8-6-13)14(2)19-16(21)17(3,4)20-11-9-18-10-12-20/h5-8,14,18H,9-12H2,1-4H3,(H,19,21). The maximum absolute atomic E-state index is 12.6. The molecule has 1 heterocycles. The van der Waals surface area contributed by atoms with Crippen LogP contribution in [0, 0.1) is 6.92 Å². The Morgan fingerprint density at radius 3 is 2.38 bits per heavy atom. The molecule has 21 heavy (non-hydrogen) atoms. The van der Waals surface area contributed by atoms with Gasteiger partial charge in [-0.25, -0.2) is 0 Å². The van der Waals surface area contributed by atoms with Crippen LogP contribution in [0.3, 0.4) is 0 Å². The summed E-state index contributed by atoms with van der Waals surface area (Å²) < 4.78 is 0. The highest BCUT2D eigenvalue weighted by molar-refractivity contribution is 5.85. The molecule has 116 valence electrons. The number of nitrogens with one attached hydrogen (secondary N) is 2. The fourth-order valence-electron chi connectivity index (χ4n) is 2.68. The van der Waals surface area contributed by atoms with E-state index in [1.807, 2.05) is 20.8 Å². The van der Waals surface area contributed by atoms with Gasteiger partial charge in [-0.3, -0.25) is 9.69 Å². The van der Waals surface area contributed by atoms with Crippen molar-refractivity contribution in [2.75, 3.05) is 26.2 Å². The average molecular weight is 289 g/mol. The molecule has 0 aliphatic carbocycles. The number of carbonyl (C=O) groups is 1. The molecule has 1 fully saturated rings. The van der Waals surface area contributed by atoms with E-state index in [0.717, 1.165) is 31.7 Å². The van der Waals surface area contributed by atoms with E-state index >= 15 is 0 Å². The molecular formula is C17H27N3O.